The molecule has 2 heterocycles. The van der Waals surface area contributed by atoms with E-state index in [0.29, 0.717) is 50.0 Å². The van der Waals surface area contributed by atoms with Crippen LogP contribution in [0.4, 0.5) is 10.1 Å². The first-order valence-corrected chi connectivity index (χ1v) is 14.2. The van der Waals surface area contributed by atoms with Crippen LogP contribution in [0, 0.1) is 11.2 Å². The van der Waals surface area contributed by atoms with E-state index >= 15 is 0 Å². The second-order valence-corrected chi connectivity index (χ2v) is 11.3. The second kappa shape index (κ2) is 9.92. The molecule has 0 aromatic heterocycles. The maximum Gasteiger partial charge on any atom is 0.185 e. The lowest BCUT2D eigenvalue weighted by molar-refractivity contribution is 0.0664. The zero-order valence-electron chi connectivity index (χ0n) is 23.2. The fraction of sp³-hybridized carbons (Fsp3) is 0.171. The largest absolute Gasteiger partial charge is 0.493 e. The van der Waals surface area contributed by atoms with Crippen LogP contribution >= 0.6 is 11.6 Å². The number of nitrogens with zero attached hydrogens (tertiary/aromatic N) is 1. The van der Waals surface area contributed by atoms with Gasteiger partial charge in [0.15, 0.2) is 28.8 Å². The van der Waals surface area contributed by atoms with Crippen molar-refractivity contribution < 1.29 is 28.2 Å². The van der Waals surface area contributed by atoms with Crippen LogP contribution in [0.15, 0.2) is 91.0 Å². The monoisotopic (exact) mass is 593 g/mol. The molecular formula is C35H25ClFNO5. The Morgan fingerprint density at radius 2 is 1.58 bits per heavy atom. The number of para-hydroxylation sites is 1. The molecule has 4 aromatic carbocycles. The summed E-state index contributed by atoms with van der Waals surface area (Å²) < 4.78 is 25.9. The normalized spacial score (nSPS) is 21.0. The van der Waals surface area contributed by atoms with Gasteiger partial charge in [-0.25, -0.2) is 4.39 Å². The van der Waals surface area contributed by atoms with Gasteiger partial charge >= 0.3 is 0 Å². The van der Waals surface area contributed by atoms with E-state index in [1.165, 1.54) is 26.4 Å². The molecule has 1 aliphatic carbocycles. The zero-order chi connectivity index (χ0) is 30.0. The third-order valence-electron chi connectivity index (χ3n) is 8.93. The first-order chi connectivity index (χ1) is 20.8. The summed E-state index contributed by atoms with van der Waals surface area (Å²) in [6, 6.07) is 20.9. The predicted octanol–water partition coefficient (Wildman–Crippen LogP) is 6.81. The van der Waals surface area contributed by atoms with E-state index in [-0.39, 0.29) is 17.3 Å². The van der Waals surface area contributed by atoms with E-state index in [0.717, 1.165) is 0 Å². The molecule has 0 bridgehead atoms. The highest BCUT2D eigenvalue weighted by Gasteiger charge is 2.72. The van der Waals surface area contributed by atoms with Gasteiger partial charge in [0.1, 0.15) is 17.3 Å². The minimum Gasteiger partial charge on any atom is -0.493 e. The molecule has 3 aliphatic rings. The number of ether oxygens (including phenoxy) is 2. The standard InChI is InChI=1S/C35H25ClFNO5/c1-42-27-9-5-8-25(32(27)43-2)29-30(31(39)19-10-13-21(36)14-11-19)38-26-16-15-22(37)18-20(26)12-17-28(38)35(29)33(40)23-6-3-4-7-24(23)34(35)41/h3-18,28-30H,1-2H3/t28-,29+,30+/m1/s1. The average molecular weight is 594 g/mol. The summed E-state index contributed by atoms with van der Waals surface area (Å²) >= 11 is 6.17. The van der Waals surface area contributed by atoms with E-state index in [9.17, 15) is 18.8 Å². The molecule has 1 fully saturated rings. The quantitative estimate of drug-likeness (QED) is 0.187. The van der Waals surface area contributed by atoms with Crippen molar-refractivity contribution in [3.8, 4) is 11.5 Å². The lowest BCUT2D eigenvalue weighted by atomic mass is 9.64. The topological polar surface area (TPSA) is 72.9 Å². The molecule has 6 nitrogen and oxygen atoms in total. The second-order valence-electron chi connectivity index (χ2n) is 10.9. The number of hydrogen-bond acceptors (Lipinski definition) is 6. The highest BCUT2D eigenvalue weighted by atomic mass is 35.5. The van der Waals surface area contributed by atoms with Gasteiger partial charge in [0, 0.05) is 44.4 Å². The van der Waals surface area contributed by atoms with Crippen LogP contribution in [0.5, 0.6) is 11.5 Å². The summed E-state index contributed by atoms with van der Waals surface area (Å²) in [5.41, 5.74) is 0.782. The third kappa shape index (κ3) is 3.67. The highest BCUT2D eigenvalue weighted by molar-refractivity contribution is 6.32. The van der Waals surface area contributed by atoms with E-state index < -0.39 is 29.2 Å². The van der Waals surface area contributed by atoms with Crippen molar-refractivity contribution in [3.05, 3.63) is 130 Å². The van der Waals surface area contributed by atoms with Gasteiger partial charge in [0.05, 0.1) is 20.3 Å². The van der Waals surface area contributed by atoms with Gasteiger partial charge in [-0.1, -0.05) is 60.2 Å². The Morgan fingerprint density at radius 1 is 0.884 bits per heavy atom. The number of fused-ring (bicyclic) bond motifs is 5. The Morgan fingerprint density at radius 3 is 2.23 bits per heavy atom. The van der Waals surface area contributed by atoms with E-state index in [4.69, 9.17) is 21.1 Å². The van der Waals surface area contributed by atoms with Crippen molar-refractivity contribution in [1.82, 2.24) is 0 Å². The number of ketones is 3. The summed E-state index contributed by atoms with van der Waals surface area (Å²) in [4.78, 5) is 46.2. The molecule has 0 amide bonds. The van der Waals surface area contributed by atoms with Crippen molar-refractivity contribution in [2.75, 3.05) is 19.1 Å². The SMILES string of the molecule is COc1cccc([C@H]2[C@@H](C(=O)c3ccc(Cl)cc3)N3c4ccc(F)cc4C=C[C@@H]3C23C(=O)c2ccccc2C3=O)c1OC. The molecule has 1 saturated heterocycles. The number of anilines is 1. The number of halogens is 2. The van der Waals surface area contributed by atoms with Gasteiger partial charge in [0.25, 0.3) is 0 Å². The minimum absolute atomic E-state index is 0.303. The van der Waals surface area contributed by atoms with Crippen LogP contribution in [0.2, 0.25) is 5.02 Å². The molecule has 1 spiro atoms. The van der Waals surface area contributed by atoms with Crippen LogP contribution in [0.1, 0.15) is 48.1 Å². The Hall–Kier alpha value is -4.75. The molecule has 43 heavy (non-hydrogen) atoms. The summed E-state index contributed by atoms with van der Waals surface area (Å²) in [5, 5.41) is 0.460. The van der Waals surface area contributed by atoms with E-state index in [2.05, 4.69) is 0 Å². The number of hydrogen-bond donors (Lipinski definition) is 0. The Bertz CT molecular complexity index is 1830. The smallest absolute Gasteiger partial charge is 0.185 e. The number of carbonyl (C=O) groups excluding carboxylic acids is 3. The lowest BCUT2D eigenvalue weighted by Crippen LogP contribution is -2.48. The molecule has 0 N–H and O–H groups in total. The van der Waals surface area contributed by atoms with Crippen LogP contribution in [0.3, 0.4) is 0 Å². The number of methoxy groups -OCH3 is 2. The van der Waals surface area contributed by atoms with Crippen LogP contribution in [0.25, 0.3) is 6.08 Å². The average Bonchev–Trinajstić information content (AvgIpc) is 3.46. The number of benzene rings is 4. The minimum atomic E-state index is -1.74. The predicted molar refractivity (Wildman–Crippen MR) is 161 cm³/mol. The molecule has 0 saturated carbocycles. The summed E-state index contributed by atoms with van der Waals surface area (Å²) in [6.45, 7) is 0. The fourth-order valence-corrected chi connectivity index (χ4v) is 7.36. The third-order valence-corrected chi connectivity index (χ3v) is 9.18. The molecule has 4 aromatic rings. The summed E-state index contributed by atoms with van der Waals surface area (Å²) in [5.74, 6) is -1.81. The summed E-state index contributed by atoms with van der Waals surface area (Å²) in [6.07, 6.45) is 3.47. The first-order valence-electron chi connectivity index (χ1n) is 13.8. The van der Waals surface area contributed by atoms with E-state index in [1.807, 2.05) is 4.90 Å². The van der Waals surface area contributed by atoms with Gasteiger partial charge in [-0.05, 0) is 48.5 Å². The van der Waals surface area contributed by atoms with Crippen molar-refractivity contribution in [2.45, 2.75) is 18.0 Å². The number of carbonyl (C=O) groups is 3. The zero-order valence-corrected chi connectivity index (χ0v) is 24.0. The molecule has 3 atom stereocenters. The molecule has 214 valence electrons. The molecule has 8 heteroatoms. The molecule has 7 rings (SSSR count). The maximum atomic E-state index is 14.8. The van der Waals surface area contributed by atoms with Crippen molar-refractivity contribution in [2.24, 2.45) is 5.41 Å². The highest BCUT2D eigenvalue weighted by Crippen LogP contribution is 2.62. The fourth-order valence-electron chi connectivity index (χ4n) is 7.23. The van der Waals surface area contributed by atoms with Crippen LogP contribution in [-0.4, -0.2) is 43.7 Å². The van der Waals surface area contributed by atoms with Crippen molar-refractivity contribution in [3.63, 3.8) is 0 Å². The molecular weight excluding hydrogens is 569 g/mol. The summed E-state index contributed by atoms with van der Waals surface area (Å²) in [7, 11) is 2.98. The lowest BCUT2D eigenvalue weighted by Gasteiger charge is -2.37. The van der Waals surface area contributed by atoms with Gasteiger partial charge in [-0.15, -0.1) is 0 Å². The Kier molecular flexibility index (Phi) is 6.25. The number of rotatable bonds is 5. The van der Waals surface area contributed by atoms with E-state index in [1.54, 1.807) is 84.9 Å². The van der Waals surface area contributed by atoms with Crippen molar-refractivity contribution in [1.29, 1.82) is 0 Å². The maximum absolute atomic E-state index is 14.8. The molecule has 2 aliphatic heterocycles. The van der Waals surface area contributed by atoms with Crippen LogP contribution < -0.4 is 14.4 Å². The molecule has 0 radical (unpaired) electrons. The number of Topliss-reactive ketones (excluding diaryl/α,β-unsaturated/α-hetero) is 3. The van der Waals surface area contributed by atoms with Crippen LogP contribution in [-0.2, 0) is 0 Å². The Labute approximate surface area is 252 Å². The van der Waals surface area contributed by atoms with Gasteiger partial charge in [0.2, 0.25) is 0 Å². The Balaban J connectivity index is 1.58. The van der Waals surface area contributed by atoms with Gasteiger partial charge < -0.3 is 14.4 Å². The molecule has 0 unspecified atom stereocenters. The van der Waals surface area contributed by atoms with Crippen molar-refractivity contribution >= 4 is 40.7 Å². The van der Waals surface area contributed by atoms with Gasteiger partial charge in [-0.3, -0.25) is 14.4 Å². The van der Waals surface area contributed by atoms with Gasteiger partial charge in [-0.2, -0.15) is 0 Å². The first kappa shape index (κ1) is 27.1.